The summed E-state index contributed by atoms with van der Waals surface area (Å²) < 4.78 is 36.6. The second-order valence-corrected chi connectivity index (χ2v) is 8.47. The normalized spacial score (nSPS) is 13.3. The summed E-state index contributed by atoms with van der Waals surface area (Å²) in [5.74, 6) is 0. The van der Waals surface area contributed by atoms with Gasteiger partial charge in [-0.25, -0.2) is 4.39 Å². The molecule has 0 aliphatic carbocycles. The number of halogens is 1. The van der Waals surface area contributed by atoms with Gasteiger partial charge in [0.1, 0.15) is 0 Å². The van der Waals surface area contributed by atoms with Crippen molar-refractivity contribution in [3.8, 4) is 11.3 Å². The standard InChI is InChI=1S/C10H12FN3O6P2/c11-10(21(15,16)17,22(18,19)20)3-7-1-2-9(12-4-7)8-5-13-14-6-8/h1-2,4-6H,3H2,(H,13,14)(H2,15,16,17)(H2,18,19,20). The number of H-pyrrole nitrogens is 1. The first-order chi connectivity index (χ1) is 10.0. The van der Waals surface area contributed by atoms with E-state index in [1.807, 2.05) is 0 Å². The Bertz CT molecular complexity index is 717. The molecule has 0 radical (unpaired) electrons. The van der Waals surface area contributed by atoms with Gasteiger partial charge in [0.15, 0.2) is 0 Å². The van der Waals surface area contributed by atoms with E-state index in [9.17, 15) is 13.5 Å². The number of nitrogens with zero attached hydrogens (tertiary/aromatic N) is 2. The van der Waals surface area contributed by atoms with Crippen LogP contribution in [0, 0.1) is 0 Å². The fourth-order valence-electron chi connectivity index (χ4n) is 1.73. The molecule has 0 atom stereocenters. The van der Waals surface area contributed by atoms with Gasteiger partial charge in [-0.2, -0.15) is 5.10 Å². The van der Waals surface area contributed by atoms with Crippen LogP contribution >= 0.6 is 15.2 Å². The first-order valence-electron chi connectivity index (χ1n) is 5.79. The number of aromatic nitrogens is 3. The molecule has 0 spiro atoms. The van der Waals surface area contributed by atoms with E-state index in [0.29, 0.717) is 11.3 Å². The highest BCUT2D eigenvalue weighted by atomic mass is 31.2. The minimum atomic E-state index is -5.71. The van der Waals surface area contributed by atoms with Gasteiger partial charge < -0.3 is 19.6 Å². The van der Waals surface area contributed by atoms with E-state index in [1.165, 1.54) is 18.3 Å². The van der Waals surface area contributed by atoms with Crippen molar-refractivity contribution in [1.29, 1.82) is 0 Å². The molecule has 22 heavy (non-hydrogen) atoms. The largest absolute Gasteiger partial charge is 0.375 e. The average Bonchev–Trinajstić information content (AvgIpc) is 2.90. The van der Waals surface area contributed by atoms with Crippen molar-refractivity contribution in [2.24, 2.45) is 0 Å². The zero-order valence-electron chi connectivity index (χ0n) is 10.9. The van der Waals surface area contributed by atoms with Crippen molar-refractivity contribution < 1.29 is 33.1 Å². The lowest BCUT2D eigenvalue weighted by Gasteiger charge is -2.26. The summed E-state index contributed by atoms with van der Waals surface area (Å²) in [6.45, 7) is 0. The molecule has 2 heterocycles. The fourth-order valence-corrected chi connectivity index (χ4v) is 3.86. The summed E-state index contributed by atoms with van der Waals surface area (Å²) in [5.41, 5.74) is 1.01. The minimum absolute atomic E-state index is 0.0682. The average molecular weight is 351 g/mol. The van der Waals surface area contributed by atoms with Gasteiger partial charge in [0.25, 0.3) is 0 Å². The van der Waals surface area contributed by atoms with Gasteiger partial charge in [-0.1, -0.05) is 6.07 Å². The molecule has 0 aliphatic heterocycles. The summed E-state index contributed by atoms with van der Waals surface area (Å²) in [4.78, 5) is 39.7. The van der Waals surface area contributed by atoms with E-state index < -0.39 is 26.8 Å². The van der Waals surface area contributed by atoms with Crippen LogP contribution in [0.3, 0.4) is 0 Å². The second kappa shape index (κ2) is 5.66. The maximum absolute atomic E-state index is 14.3. The lowest BCUT2D eigenvalue weighted by molar-refractivity contribution is 0.222. The quantitative estimate of drug-likeness (QED) is 0.499. The van der Waals surface area contributed by atoms with Crippen LogP contribution in [-0.4, -0.2) is 39.9 Å². The van der Waals surface area contributed by atoms with Crippen LogP contribution in [-0.2, 0) is 15.6 Å². The third-order valence-corrected chi connectivity index (χ3v) is 6.61. The van der Waals surface area contributed by atoms with Crippen molar-refractivity contribution in [3.05, 3.63) is 36.3 Å². The summed E-state index contributed by atoms with van der Waals surface area (Å²) in [6.07, 6.45) is 2.95. The summed E-state index contributed by atoms with van der Waals surface area (Å²) in [5, 5.41) is 2.29. The fraction of sp³-hybridized carbons (Fsp3) is 0.200. The van der Waals surface area contributed by atoms with Crippen molar-refractivity contribution in [2.45, 2.75) is 11.6 Å². The Labute approximate surface area is 123 Å². The SMILES string of the molecule is O=P(O)(O)C(F)(Cc1ccc(-c2cn[nH]c2)nc1)P(=O)(O)O. The molecule has 9 nitrogen and oxygen atoms in total. The molecule has 120 valence electrons. The predicted octanol–water partition coefficient (Wildman–Crippen LogP) is 0.993. The second-order valence-electron chi connectivity index (χ2n) is 4.52. The summed E-state index contributed by atoms with van der Waals surface area (Å²) >= 11 is 0. The molecule has 5 N–H and O–H groups in total. The van der Waals surface area contributed by atoms with Crippen LogP contribution in [0.15, 0.2) is 30.7 Å². The molecule has 0 aliphatic rings. The maximum Gasteiger partial charge on any atom is 0.375 e. The van der Waals surface area contributed by atoms with E-state index in [2.05, 4.69) is 15.2 Å². The Hall–Kier alpha value is -1.41. The van der Waals surface area contributed by atoms with Crippen LogP contribution in [0.4, 0.5) is 4.39 Å². The molecule has 12 heteroatoms. The first kappa shape index (κ1) is 17.0. The Morgan fingerprint density at radius 3 is 2.18 bits per heavy atom. The molecular formula is C10H12FN3O6P2. The van der Waals surface area contributed by atoms with E-state index in [1.54, 1.807) is 6.20 Å². The number of pyridine rings is 1. The van der Waals surface area contributed by atoms with Crippen LogP contribution in [0.1, 0.15) is 5.56 Å². The van der Waals surface area contributed by atoms with Gasteiger partial charge in [-0.3, -0.25) is 19.2 Å². The molecule has 0 amide bonds. The van der Waals surface area contributed by atoms with Gasteiger partial charge in [0, 0.05) is 24.4 Å². The number of hydrogen-bond donors (Lipinski definition) is 5. The van der Waals surface area contributed by atoms with Crippen molar-refractivity contribution in [1.82, 2.24) is 15.2 Å². The number of nitrogens with one attached hydrogen (secondary N) is 1. The van der Waals surface area contributed by atoms with Crippen LogP contribution in [0.2, 0.25) is 0 Å². The summed E-state index contributed by atoms with van der Waals surface area (Å²) in [7, 11) is -11.4. The molecule has 2 rings (SSSR count). The van der Waals surface area contributed by atoms with Crippen LogP contribution in [0.5, 0.6) is 0 Å². The van der Waals surface area contributed by atoms with Gasteiger partial charge in [0.05, 0.1) is 11.9 Å². The third kappa shape index (κ3) is 3.17. The Balaban J connectivity index is 2.33. The number of aromatic amines is 1. The molecular weight excluding hydrogens is 339 g/mol. The molecule has 0 fully saturated rings. The lowest BCUT2D eigenvalue weighted by Crippen LogP contribution is -2.26. The molecule has 0 saturated heterocycles. The number of alkyl halides is 1. The van der Waals surface area contributed by atoms with Crippen molar-refractivity contribution >= 4 is 15.2 Å². The lowest BCUT2D eigenvalue weighted by atomic mass is 10.1. The predicted molar refractivity (Wildman–Crippen MR) is 73.4 cm³/mol. The van der Waals surface area contributed by atoms with E-state index in [4.69, 9.17) is 19.6 Å². The number of hydrogen-bond acceptors (Lipinski definition) is 4. The molecule has 0 unspecified atom stereocenters. The Morgan fingerprint density at radius 2 is 1.77 bits per heavy atom. The van der Waals surface area contributed by atoms with Gasteiger partial charge in [-0.15, -0.1) is 0 Å². The van der Waals surface area contributed by atoms with Crippen LogP contribution < -0.4 is 0 Å². The minimum Gasteiger partial charge on any atom is -0.322 e. The summed E-state index contributed by atoms with van der Waals surface area (Å²) in [6, 6.07) is 2.69. The van der Waals surface area contributed by atoms with Gasteiger partial charge in [0.2, 0.25) is 0 Å². The molecule has 2 aromatic rings. The highest BCUT2D eigenvalue weighted by Gasteiger charge is 2.61. The zero-order valence-corrected chi connectivity index (χ0v) is 12.7. The first-order valence-corrected chi connectivity index (χ1v) is 9.01. The number of rotatable bonds is 5. The molecule has 0 bridgehead atoms. The van der Waals surface area contributed by atoms with E-state index in [0.717, 1.165) is 6.20 Å². The molecule has 0 saturated carbocycles. The molecule has 0 aromatic carbocycles. The third-order valence-electron chi connectivity index (χ3n) is 2.94. The van der Waals surface area contributed by atoms with Gasteiger partial charge >= 0.3 is 20.3 Å². The molecule has 2 aromatic heterocycles. The topological polar surface area (TPSA) is 157 Å². The maximum atomic E-state index is 14.3. The zero-order chi connectivity index (χ0) is 16.6. The Morgan fingerprint density at radius 1 is 1.14 bits per heavy atom. The highest BCUT2D eigenvalue weighted by molar-refractivity contribution is 7.72. The van der Waals surface area contributed by atoms with Crippen LogP contribution in [0.25, 0.3) is 11.3 Å². The van der Waals surface area contributed by atoms with Gasteiger partial charge in [-0.05, 0) is 11.6 Å². The highest BCUT2D eigenvalue weighted by Crippen LogP contribution is 2.71. The van der Waals surface area contributed by atoms with E-state index >= 15 is 0 Å². The van der Waals surface area contributed by atoms with Crippen molar-refractivity contribution in [2.75, 3.05) is 0 Å². The smallest absolute Gasteiger partial charge is 0.322 e. The Kier molecular flexibility index (Phi) is 4.36. The monoisotopic (exact) mass is 351 g/mol. The van der Waals surface area contributed by atoms with E-state index in [-0.39, 0.29) is 5.56 Å². The van der Waals surface area contributed by atoms with Crippen molar-refractivity contribution in [3.63, 3.8) is 0 Å².